The molecule has 0 radical (unpaired) electrons. The monoisotopic (exact) mass is 281 g/mol. The maximum absolute atomic E-state index is 11.7. The normalized spacial score (nSPS) is 37.1. The van der Waals surface area contributed by atoms with Gasteiger partial charge in [-0.15, -0.1) is 9.05 Å². The number of hydrogen-bond donors (Lipinski definition) is 2. The minimum absolute atomic E-state index is 0.167. The van der Waals surface area contributed by atoms with Crippen LogP contribution in [0.4, 0.5) is 0 Å². The third-order valence-electron chi connectivity index (χ3n) is 3.10. The van der Waals surface area contributed by atoms with Crippen molar-refractivity contribution in [3.05, 3.63) is 0 Å². The first-order valence-electron chi connectivity index (χ1n) is 6.00. The van der Waals surface area contributed by atoms with Crippen LogP contribution >= 0.6 is 8.25 Å². The van der Waals surface area contributed by atoms with E-state index < -0.39 is 32.7 Å². The molecule has 0 aromatic heterocycles. The zero-order valence-corrected chi connectivity index (χ0v) is 10.8. The molecule has 4 atom stereocenters. The van der Waals surface area contributed by atoms with Gasteiger partial charge < -0.3 is 19.7 Å². The van der Waals surface area contributed by atoms with Crippen LogP contribution in [0.15, 0.2) is 0 Å². The molecule has 2 fully saturated rings. The van der Waals surface area contributed by atoms with Crippen LogP contribution in [-0.4, -0.2) is 61.1 Å². The Labute approximate surface area is 106 Å². The molecule has 0 saturated carbocycles. The molecule has 7 nitrogen and oxygen atoms in total. The van der Waals surface area contributed by atoms with E-state index in [0.717, 1.165) is 0 Å². The molecule has 0 bridgehead atoms. The van der Waals surface area contributed by atoms with Gasteiger partial charge in [-0.3, -0.25) is 0 Å². The minimum Gasteiger partial charge on any atom is -0.394 e. The van der Waals surface area contributed by atoms with E-state index in [4.69, 9.17) is 28.7 Å². The van der Waals surface area contributed by atoms with Crippen LogP contribution in [0.5, 0.6) is 0 Å². The highest BCUT2D eigenvalue weighted by Gasteiger charge is 2.42. The fourth-order valence-electron chi connectivity index (χ4n) is 2.09. The molecule has 0 amide bonds. The van der Waals surface area contributed by atoms with Gasteiger partial charge in [-0.25, -0.2) is 0 Å². The Balaban J connectivity index is 1.78. The standard InChI is InChI=1S/C10H18O7P/c11-5-9-7(1-3-14-9)16-18(13)17-8-2-4-15-10(8)6-12/h7-12H,1-6H2/q+1. The first-order valence-corrected chi connectivity index (χ1v) is 7.10. The molecule has 4 unspecified atom stereocenters. The summed E-state index contributed by atoms with van der Waals surface area (Å²) >= 11 is 0. The van der Waals surface area contributed by atoms with Gasteiger partial charge in [0, 0.05) is 30.6 Å². The van der Waals surface area contributed by atoms with E-state index >= 15 is 0 Å². The third kappa shape index (κ3) is 3.45. The van der Waals surface area contributed by atoms with Crippen LogP contribution in [0.2, 0.25) is 0 Å². The molecule has 18 heavy (non-hydrogen) atoms. The SMILES string of the molecule is O=[P+](OC1CCOC1CO)OC1CCOC1CO. The van der Waals surface area contributed by atoms with E-state index in [1.807, 2.05) is 0 Å². The summed E-state index contributed by atoms with van der Waals surface area (Å²) in [7, 11) is -2.30. The summed E-state index contributed by atoms with van der Waals surface area (Å²) in [5.74, 6) is 0. The van der Waals surface area contributed by atoms with Gasteiger partial charge >= 0.3 is 8.25 Å². The predicted molar refractivity (Wildman–Crippen MR) is 60.2 cm³/mol. The molecule has 104 valence electrons. The van der Waals surface area contributed by atoms with Gasteiger partial charge in [0.05, 0.1) is 13.2 Å². The van der Waals surface area contributed by atoms with Crippen molar-refractivity contribution in [3.8, 4) is 0 Å². The largest absolute Gasteiger partial charge is 0.698 e. The average molecular weight is 281 g/mol. The fraction of sp³-hybridized carbons (Fsp3) is 1.00. The molecule has 2 heterocycles. The topological polar surface area (TPSA) is 94.5 Å². The van der Waals surface area contributed by atoms with Crippen LogP contribution in [0, 0.1) is 0 Å². The van der Waals surface area contributed by atoms with Crippen LogP contribution in [0.1, 0.15) is 12.8 Å². The number of rotatable bonds is 6. The molecule has 2 aliphatic heterocycles. The maximum Gasteiger partial charge on any atom is 0.698 e. The lowest BCUT2D eigenvalue weighted by atomic mass is 10.2. The van der Waals surface area contributed by atoms with E-state index in [1.165, 1.54) is 0 Å². The van der Waals surface area contributed by atoms with E-state index in [-0.39, 0.29) is 13.2 Å². The smallest absolute Gasteiger partial charge is 0.394 e. The van der Waals surface area contributed by atoms with Gasteiger partial charge in [0.25, 0.3) is 0 Å². The summed E-state index contributed by atoms with van der Waals surface area (Å²) in [6.07, 6.45) is -0.537. The van der Waals surface area contributed by atoms with Gasteiger partial charge in [0.15, 0.2) is 0 Å². The molecule has 2 N–H and O–H groups in total. The molecular weight excluding hydrogens is 263 g/mol. The highest BCUT2D eigenvalue weighted by atomic mass is 31.1. The van der Waals surface area contributed by atoms with E-state index in [0.29, 0.717) is 26.1 Å². The lowest BCUT2D eigenvalue weighted by Gasteiger charge is -2.12. The average Bonchev–Trinajstić information content (AvgIpc) is 2.97. The number of aliphatic hydroxyl groups excluding tert-OH is 2. The Morgan fingerprint density at radius 3 is 1.83 bits per heavy atom. The third-order valence-corrected chi connectivity index (χ3v) is 3.99. The minimum atomic E-state index is -2.30. The summed E-state index contributed by atoms with van der Waals surface area (Å²) in [5.41, 5.74) is 0. The maximum atomic E-state index is 11.7. The zero-order valence-electron chi connectivity index (χ0n) is 9.93. The second-order valence-electron chi connectivity index (χ2n) is 4.27. The molecular formula is C10H18O7P+. The van der Waals surface area contributed by atoms with Crippen molar-refractivity contribution in [1.29, 1.82) is 0 Å². The van der Waals surface area contributed by atoms with Crippen molar-refractivity contribution in [2.75, 3.05) is 26.4 Å². The number of hydrogen-bond acceptors (Lipinski definition) is 7. The zero-order chi connectivity index (χ0) is 13.0. The Morgan fingerprint density at radius 1 is 1.00 bits per heavy atom. The molecule has 0 aliphatic carbocycles. The number of ether oxygens (including phenoxy) is 2. The van der Waals surface area contributed by atoms with Gasteiger partial charge in [-0.1, -0.05) is 0 Å². The van der Waals surface area contributed by atoms with Crippen molar-refractivity contribution in [2.45, 2.75) is 37.3 Å². The second-order valence-corrected chi connectivity index (χ2v) is 5.14. The summed E-state index contributed by atoms with van der Waals surface area (Å²) in [4.78, 5) is 0. The van der Waals surface area contributed by atoms with Gasteiger partial charge in [0.1, 0.15) is 24.4 Å². The van der Waals surface area contributed by atoms with E-state index in [1.54, 1.807) is 0 Å². The van der Waals surface area contributed by atoms with Crippen LogP contribution < -0.4 is 0 Å². The summed E-state index contributed by atoms with van der Waals surface area (Å²) in [6.45, 7) is 0.620. The predicted octanol–water partition coefficient (Wildman–Crippen LogP) is -0.0234. The van der Waals surface area contributed by atoms with Gasteiger partial charge in [0.2, 0.25) is 0 Å². The summed E-state index contributed by atoms with van der Waals surface area (Å²) < 4.78 is 32.6. The molecule has 0 aromatic rings. The van der Waals surface area contributed by atoms with Crippen LogP contribution in [0.25, 0.3) is 0 Å². The first-order chi connectivity index (χ1) is 8.74. The fourth-order valence-corrected chi connectivity index (χ4v) is 3.06. The second kappa shape index (κ2) is 6.86. The van der Waals surface area contributed by atoms with Crippen molar-refractivity contribution in [3.63, 3.8) is 0 Å². The molecule has 0 spiro atoms. The Bertz CT molecular complexity index is 261. The molecule has 2 rings (SSSR count). The van der Waals surface area contributed by atoms with Gasteiger partial charge in [-0.05, 0) is 0 Å². The lowest BCUT2D eigenvalue weighted by molar-refractivity contribution is -0.00625. The number of aliphatic hydroxyl groups is 2. The van der Waals surface area contributed by atoms with Crippen molar-refractivity contribution < 1.29 is 33.3 Å². The molecule has 2 aliphatic rings. The highest BCUT2D eigenvalue weighted by molar-refractivity contribution is 7.33. The van der Waals surface area contributed by atoms with Crippen molar-refractivity contribution >= 4 is 8.25 Å². The first kappa shape index (κ1) is 14.3. The molecule has 0 aromatic carbocycles. The lowest BCUT2D eigenvalue weighted by Crippen LogP contribution is -2.28. The van der Waals surface area contributed by atoms with Crippen LogP contribution in [-0.2, 0) is 23.1 Å². The summed E-state index contributed by atoms with van der Waals surface area (Å²) in [6, 6.07) is 0. The Kier molecular flexibility index (Phi) is 5.44. The van der Waals surface area contributed by atoms with Crippen molar-refractivity contribution in [2.24, 2.45) is 0 Å². The van der Waals surface area contributed by atoms with Gasteiger partial charge in [-0.2, -0.15) is 0 Å². The Hall–Kier alpha value is -0.140. The summed E-state index contributed by atoms with van der Waals surface area (Å²) in [5, 5.41) is 18.0. The van der Waals surface area contributed by atoms with E-state index in [9.17, 15) is 4.57 Å². The van der Waals surface area contributed by atoms with Crippen LogP contribution in [0.3, 0.4) is 0 Å². The van der Waals surface area contributed by atoms with E-state index in [2.05, 4.69) is 0 Å². The van der Waals surface area contributed by atoms with Crippen molar-refractivity contribution in [1.82, 2.24) is 0 Å². The highest BCUT2D eigenvalue weighted by Crippen LogP contribution is 2.35. The molecule has 8 heteroatoms. The molecule has 2 saturated heterocycles. The quantitative estimate of drug-likeness (QED) is 0.660. The Morgan fingerprint density at radius 2 is 1.44 bits per heavy atom.